The quantitative estimate of drug-likeness (QED) is 0.291. The van der Waals surface area contributed by atoms with E-state index in [0.717, 1.165) is 0 Å². The fraction of sp³-hybridized carbons (Fsp3) is 0.955. The Hall–Kier alpha value is 0.208. The van der Waals surface area contributed by atoms with Crippen molar-refractivity contribution in [2.45, 2.75) is 139 Å². The van der Waals surface area contributed by atoms with Gasteiger partial charge >= 0.3 is 77.8 Å². The fourth-order valence-electron chi connectivity index (χ4n) is 1.42. The number of rotatable bonds is 2. The van der Waals surface area contributed by atoms with E-state index in [4.69, 9.17) is 0 Å². The molecule has 0 heterocycles. The molecule has 0 aliphatic heterocycles. The van der Waals surface area contributed by atoms with E-state index < -0.39 is 18.2 Å². The van der Waals surface area contributed by atoms with Crippen molar-refractivity contribution < 1.29 is 18.2 Å². The van der Waals surface area contributed by atoms with Crippen LogP contribution in [0.2, 0.25) is 0 Å². The molecule has 0 aromatic rings. The minimum atomic E-state index is -0.473. The number of hydrogen-bond acceptors (Lipinski definition) is 2. The van der Waals surface area contributed by atoms with Gasteiger partial charge in [0.1, 0.15) is 0 Å². The maximum Gasteiger partial charge on any atom is -0.0793 e. The van der Waals surface area contributed by atoms with Gasteiger partial charge in [-0.1, -0.05) is 41.5 Å². The Labute approximate surface area is 180 Å². The second kappa shape index (κ2) is 13.4. The largest absolute Gasteiger partial charge is 0.673 e. The van der Waals surface area contributed by atoms with Crippen molar-refractivity contribution in [2.75, 3.05) is 0 Å². The maximum absolute atomic E-state index is 4.53. The van der Waals surface area contributed by atoms with Crippen LogP contribution in [-0.4, -0.2) is 28.3 Å². The van der Waals surface area contributed by atoms with Crippen LogP contribution in [0.5, 0.6) is 0 Å². The molecule has 4 nitrogen and oxygen atoms in total. The Morgan fingerprint density at radius 2 is 0.852 bits per heavy atom. The van der Waals surface area contributed by atoms with Gasteiger partial charge in [-0.2, -0.15) is 20.8 Å². The van der Waals surface area contributed by atoms with Gasteiger partial charge in [0.2, 0.25) is 0 Å². The van der Waals surface area contributed by atoms with Crippen molar-refractivity contribution in [3.8, 4) is 0 Å². The minimum Gasteiger partial charge on any atom is -0.673 e. The third-order valence-corrected chi connectivity index (χ3v) is 4.87. The molecule has 0 amide bonds. The summed E-state index contributed by atoms with van der Waals surface area (Å²) in [5.74, 6) is 1.42. The van der Waals surface area contributed by atoms with E-state index in [9.17, 15) is 0 Å². The summed E-state index contributed by atoms with van der Waals surface area (Å²) in [6.07, 6.45) is 0.102. The molecule has 166 valence electrons. The average Bonchev–Trinajstić information content (AvgIpc) is 2.18. The van der Waals surface area contributed by atoms with E-state index >= 15 is 0 Å². The topological polar surface area (TPSA) is 52.9 Å². The van der Waals surface area contributed by atoms with Gasteiger partial charge in [0.15, 0.2) is 0 Å². The Morgan fingerprint density at radius 3 is 1.00 bits per heavy atom. The van der Waals surface area contributed by atoms with Crippen LogP contribution in [0.15, 0.2) is 6.99 Å². The first-order valence-electron chi connectivity index (χ1n) is 9.85. The predicted octanol–water partition coefficient (Wildman–Crippen LogP) is 8.33. The second-order valence-electron chi connectivity index (χ2n) is 11.3. The van der Waals surface area contributed by atoms with E-state index in [2.05, 4.69) is 121 Å². The monoisotopic (exact) mass is 467 g/mol. The summed E-state index contributed by atoms with van der Waals surface area (Å²) < 4.78 is 9.01. The van der Waals surface area contributed by atoms with Crippen molar-refractivity contribution in [3.63, 3.8) is 0 Å². The Kier molecular flexibility index (Phi) is 15.9. The van der Waals surface area contributed by atoms with Crippen LogP contribution in [-0.2, 0) is 18.2 Å². The predicted molar refractivity (Wildman–Crippen MR) is 120 cm³/mol. The molecule has 0 aromatic heterocycles. The second-order valence-corrected chi connectivity index (χ2v) is 12.6. The summed E-state index contributed by atoms with van der Waals surface area (Å²) >= 11 is -0.473. The first kappa shape index (κ1) is 31.9. The molecule has 5 heteroatoms. The molecule has 0 unspecified atom stereocenters. The van der Waals surface area contributed by atoms with Crippen LogP contribution >= 0.6 is 0 Å². The summed E-state index contributed by atoms with van der Waals surface area (Å²) in [7, 11) is 0. The summed E-state index contributed by atoms with van der Waals surface area (Å²) in [6, 6.07) is 0. The molecule has 0 rings (SSSR count). The van der Waals surface area contributed by atoms with Crippen molar-refractivity contribution in [1.29, 1.82) is 0 Å². The molecule has 0 fully saturated rings. The summed E-state index contributed by atoms with van der Waals surface area (Å²) in [5.41, 5.74) is 0.260. The average molecular weight is 466 g/mol. The summed E-state index contributed by atoms with van der Waals surface area (Å²) in [4.78, 5) is 0. The zero-order valence-electron chi connectivity index (χ0n) is 21.3. The van der Waals surface area contributed by atoms with Crippen molar-refractivity contribution in [3.05, 3.63) is 16.6 Å². The van der Waals surface area contributed by atoms with Crippen LogP contribution in [0.4, 0.5) is 0 Å². The molecule has 0 aliphatic carbocycles. The first-order valence-corrected chi connectivity index (χ1v) is 11.6. The van der Waals surface area contributed by atoms with Crippen molar-refractivity contribution >= 4 is 0 Å². The minimum absolute atomic E-state index is 0.0220. The molecule has 0 saturated heterocycles. The van der Waals surface area contributed by atoms with Crippen LogP contribution in [0.1, 0.15) is 111 Å². The molecule has 0 aliphatic rings. The number of nitrogens with zero attached hydrogens (tertiary/aromatic N) is 4. The van der Waals surface area contributed by atoms with E-state index in [1.807, 2.05) is 6.92 Å². The molecule has 0 radical (unpaired) electrons. The maximum atomic E-state index is 4.53. The Balaban J connectivity index is -0.000000357. The van der Waals surface area contributed by atoms with Gasteiger partial charge in [-0.15, -0.1) is 18.0 Å². The van der Waals surface area contributed by atoms with Gasteiger partial charge in [0.05, 0.1) is 0 Å². The summed E-state index contributed by atoms with van der Waals surface area (Å²) in [5, 5.41) is 9.06. The molecule has 0 atom stereocenters. The third-order valence-electron chi connectivity index (χ3n) is 1.78. The van der Waals surface area contributed by atoms with E-state index in [1.54, 1.807) is 0 Å². The van der Waals surface area contributed by atoms with Gasteiger partial charge in [0, 0.05) is 0 Å². The Bertz CT molecular complexity index is 386. The molecule has 0 bridgehead atoms. The van der Waals surface area contributed by atoms with Gasteiger partial charge in [-0.25, -0.2) is 6.17 Å². The number of hydrogen-bond donors (Lipinski definition) is 0. The van der Waals surface area contributed by atoms with Gasteiger partial charge in [0.25, 0.3) is 0 Å². The van der Waals surface area contributed by atoms with Crippen molar-refractivity contribution in [2.24, 2.45) is 6.99 Å². The standard InChI is InChI=1S/C10H22N2.2C4H9N.C4H9.Mo/c1-8(11-9(2,3)4)12-10(5,6)7;2*1-4(2,3)5;1-4(2)3;/h8H,1-7H3;2*1-3H3;1-3H3;/q-2;;;-1;. The van der Waals surface area contributed by atoms with E-state index in [1.165, 1.54) is 5.92 Å². The smallest absolute Gasteiger partial charge is 0.0793 e. The van der Waals surface area contributed by atoms with Crippen LogP contribution in [0, 0.1) is 5.92 Å². The normalized spacial score (nSPS) is 12.7. The van der Waals surface area contributed by atoms with Crippen molar-refractivity contribution in [1.82, 2.24) is 0 Å². The van der Waals surface area contributed by atoms with E-state index in [0.29, 0.717) is 0 Å². The molecular formula is C22H49MoN4-3. The van der Waals surface area contributed by atoms with Gasteiger partial charge in [-0.3, -0.25) is 0 Å². The Morgan fingerprint density at radius 1 is 0.630 bits per heavy atom. The third kappa shape index (κ3) is 46.3. The SMILES string of the molecule is CC(C)(C)[N]=[Mo]=[N]C(C)(C)C.CC([N-]C(C)(C)C)[N-]C(C)(C)C.C[C-](C)C. The van der Waals surface area contributed by atoms with Gasteiger partial charge < -0.3 is 16.6 Å². The fourth-order valence-corrected chi connectivity index (χ4v) is 2.72. The first-order chi connectivity index (χ1) is 11.5. The molecule has 0 saturated carbocycles. The van der Waals surface area contributed by atoms with E-state index in [-0.39, 0.29) is 28.3 Å². The zero-order valence-corrected chi connectivity index (χ0v) is 23.3. The molecule has 0 N–H and O–H groups in total. The van der Waals surface area contributed by atoms with Crippen LogP contribution in [0.25, 0.3) is 10.6 Å². The van der Waals surface area contributed by atoms with Gasteiger partial charge in [-0.05, 0) is 0 Å². The zero-order chi connectivity index (χ0) is 22.7. The molecule has 27 heavy (non-hydrogen) atoms. The van der Waals surface area contributed by atoms with Crippen LogP contribution < -0.4 is 0 Å². The molecular weight excluding hydrogens is 416 g/mol. The molecule has 0 spiro atoms. The summed E-state index contributed by atoms with van der Waals surface area (Å²) in [6.45, 7) is 33.6. The molecule has 0 aromatic carbocycles. The van der Waals surface area contributed by atoms with Crippen LogP contribution in [0.3, 0.4) is 0 Å².